The number of aryl methyl sites for hydroxylation is 2. The first kappa shape index (κ1) is 26.2. The monoisotopic (exact) mass is 405 g/mol. The van der Waals surface area contributed by atoms with Gasteiger partial charge in [-0.3, -0.25) is 0 Å². The average Bonchev–Trinajstić information content (AvgIpc) is 3.08. The average molecular weight is 406 g/mol. The Morgan fingerprint density at radius 1 is 0.586 bits per heavy atom. The van der Waals surface area contributed by atoms with Gasteiger partial charge in [0.05, 0.1) is 13.6 Å². The summed E-state index contributed by atoms with van der Waals surface area (Å²) in [5.41, 5.74) is 0. The number of imidazole rings is 1. The Morgan fingerprint density at radius 3 is 1.48 bits per heavy atom. The molecule has 1 heterocycles. The van der Waals surface area contributed by atoms with E-state index in [1.165, 1.54) is 141 Å². The number of nitrogens with zero attached hydrogens (tertiary/aromatic N) is 2. The smallest absolute Gasteiger partial charge is 0.237 e. The van der Waals surface area contributed by atoms with Gasteiger partial charge in [-0.2, -0.15) is 0 Å². The molecule has 2 heteroatoms. The third kappa shape index (κ3) is 13.9. The standard InChI is InChI=1S/C27H53N2/c1-4-6-8-10-11-12-13-14-15-16-17-18-19-20-21-23-27-28(3)25-26-29(27)24-22-9-7-5-2/h25-26H,4-24H2,1-3H3/q+1. The van der Waals surface area contributed by atoms with Gasteiger partial charge in [0, 0.05) is 6.42 Å². The first-order valence-electron chi connectivity index (χ1n) is 13.3. The summed E-state index contributed by atoms with van der Waals surface area (Å²) >= 11 is 0. The minimum atomic E-state index is 1.20. The van der Waals surface area contributed by atoms with Gasteiger partial charge in [0.1, 0.15) is 12.4 Å². The second-order valence-corrected chi connectivity index (χ2v) is 9.28. The Morgan fingerprint density at radius 2 is 1.00 bits per heavy atom. The lowest BCUT2D eigenvalue weighted by Gasteiger charge is -2.05. The highest BCUT2D eigenvalue weighted by Crippen LogP contribution is 2.14. The van der Waals surface area contributed by atoms with E-state index in [0.717, 1.165) is 0 Å². The highest BCUT2D eigenvalue weighted by Gasteiger charge is 2.13. The van der Waals surface area contributed by atoms with Gasteiger partial charge in [-0.05, 0) is 19.3 Å². The van der Waals surface area contributed by atoms with Gasteiger partial charge in [-0.15, -0.1) is 0 Å². The van der Waals surface area contributed by atoms with E-state index in [2.05, 4.69) is 42.4 Å². The topological polar surface area (TPSA) is 8.81 Å². The minimum absolute atomic E-state index is 1.20. The predicted molar refractivity (Wildman–Crippen MR) is 128 cm³/mol. The van der Waals surface area contributed by atoms with Crippen LogP contribution in [0.15, 0.2) is 12.4 Å². The molecule has 0 atom stereocenters. The lowest BCUT2D eigenvalue weighted by molar-refractivity contribution is -0.678. The number of hydrogen-bond acceptors (Lipinski definition) is 0. The van der Waals surface area contributed by atoms with Crippen molar-refractivity contribution in [3.8, 4) is 0 Å². The van der Waals surface area contributed by atoms with Crippen LogP contribution in [0, 0.1) is 0 Å². The van der Waals surface area contributed by atoms with Gasteiger partial charge in [-0.25, -0.2) is 9.13 Å². The lowest BCUT2D eigenvalue weighted by Crippen LogP contribution is -2.32. The fourth-order valence-electron chi connectivity index (χ4n) is 4.44. The Labute approximate surface area is 183 Å². The Balaban J connectivity index is 1.93. The van der Waals surface area contributed by atoms with Crippen molar-refractivity contribution in [3.63, 3.8) is 0 Å². The van der Waals surface area contributed by atoms with Crippen LogP contribution < -0.4 is 4.57 Å². The van der Waals surface area contributed by atoms with Crippen LogP contribution in [0.1, 0.15) is 142 Å². The Bertz CT molecular complexity index is 463. The van der Waals surface area contributed by atoms with Crippen molar-refractivity contribution >= 4 is 0 Å². The van der Waals surface area contributed by atoms with E-state index in [1.54, 1.807) is 0 Å². The molecule has 1 aromatic heterocycles. The van der Waals surface area contributed by atoms with E-state index in [1.807, 2.05) is 0 Å². The van der Waals surface area contributed by atoms with Crippen LogP contribution in [-0.4, -0.2) is 4.57 Å². The van der Waals surface area contributed by atoms with Crippen molar-refractivity contribution in [3.05, 3.63) is 18.2 Å². The summed E-state index contributed by atoms with van der Waals surface area (Å²) in [6.07, 6.45) is 32.8. The van der Waals surface area contributed by atoms with Crippen LogP contribution in [0.3, 0.4) is 0 Å². The van der Waals surface area contributed by atoms with Crippen molar-refractivity contribution in [2.75, 3.05) is 0 Å². The molecule has 0 saturated carbocycles. The third-order valence-corrected chi connectivity index (χ3v) is 6.47. The van der Waals surface area contributed by atoms with E-state index < -0.39 is 0 Å². The predicted octanol–water partition coefficient (Wildman–Crippen LogP) is 8.31. The zero-order valence-corrected chi connectivity index (χ0v) is 20.4. The highest BCUT2D eigenvalue weighted by atomic mass is 15.1. The fraction of sp³-hybridized carbons (Fsp3) is 0.889. The quantitative estimate of drug-likeness (QED) is 0.144. The molecule has 0 aliphatic carbocycles. The molecule has 1 rings (SSSR count). The fourth-order valence-corrected chi connectivity index (χ4v) is 4.44. The molecule has 0 bridgehead atoms. The number of unbranched alkanes of at least 4 members (excludes halogenated alkanes) is 17. The summed E-state index contributed by atoms with van der Waals surface area (Å²) in [6, 6.07) is 0. The van der Waals surface area contributed by atoms with Gasteiger partial charge in [0.2, 0.25) is 0 Å². The Hall–Kier alpha value is -0.790. The zero-order valence-electron chi connectivity index (χ0n) is 20.4. The molecular formula is C27H53N2+. The summed E-state index contributed by atoms with van der Waals surface area (Å²) in [5, 5.41) is 0. The molecule has 170 valence electrons. The summed E-state index contributed by atoms with van der Waals surface area (Å²) in [6.45, 7) is 5.79. The van der Waals surface area contributed by atoms with Crippen LogP contribution in [0.5, 0.6) is 0 Å². The maximum absolute atomic E-state index is 2.50. The molecule has 0 aromatic carbocycles. The zero-order chi connectivity index (χ0) is 21.0. The van der Waals surface area contributed by atoms with Gasteiger partial charge >= 0.3 is 0 Å². The maximum atomic E-state index is 2.50. The summed E-state index contributed by atoms with van der Waals surface area (Å²) < 4.78 is 4.84. The van der Waals surface area contributed by atoms with Crippen molar-refractivity contribution in [2.24, 2.45) is 7.05 Å². The molecule has 29 heavy (non-hydrogen) atoms. The van der Waals surface area contributed by atoms with E-state index in [9.17, 15) is 0 Å². The molecule has 0 amide bonds. The second-order valence-electron chi connectivity index (χ2n) is 9.28. The number of hydrogen-bond donors (Lipinski definition) is 0. The third-order valence-electron chi connectivity index (χ3n) is 6.47. The molecule has 0 aliphatic rings. The molecule has 0 aliphatic heterocycles. The van der Waals surface area contributed by atoms with Gasteiger partial charge in [0.15, 0.2) is 0 Å². The molecular weight excluding hydrogens is 352 g/mol. The van der Waals surface area contributed by atoms with Crippen molar-refractivity contribution in [1.82, 2.24) is 4.57 Å². The minimum Gasteiger partial charge on any atom is -0.237 e. The molecule has 0 saturated heterocycles. The van der Waals surface area contributed by atoms with Crippen LogP contribution >= 0.6 is 0 Å². The largest absolute Gasteiger partial charge is 0.256 e. The van der Waals surface area contributed by atoms with Gasteiger partial charge in [-0.1, -0.05) is 117 Å². The van der Waals surface area contributed by atoms with E-state index in [-0.39, 0.29) is 0 Å². The molecule has 0 unspecified atom stereocenters. The maximum Gasteiger partial charge on any atom is 0.256 e. The Kier molecular flexibility index (Phi) is 17.4. The first-order chi connectivity index (χ1) is 14.3. The molecule has 0 N–H and O–H groups in total. The summed E-state index contributed by atoms with van der Waals surface area (Å²) in [7, 11) is 2.21. The van der Waals surface area contributed by atoms with Crippen LogP contribution in [0.2, 0.25) is 0 Å². The van der Waals surface area contributed by atoms with E-state index in [4.69, 9.17) is 0 Å². The molecule has 0 fully saturated rings. The highest BCUT2D eigenvalue weighted by molar-refractivity contribution is 4.84. The normalized spacial score (nSPS) is 11.4. The first-order valence-corrected chi connectivity index (χ1v) is 13.3. The van der Waals surface area contributed by atoms with E-state index in [0.29, 0.717) is 0 Å². The SMILES string of the molecule is CCCCCCCCCCCCCCCCCc1n(CCCCCC)cc[n+]1C. The van der Waals surface area contributed by atoms with Gasteiger partial charge in [0.25, 0.3) is 5.82 Å². The van der Waals surface area contributed by atoms with Crippen molar-refractivity contribution < 1.29 is 4.57 Å². The van der Waals surface area contributed by atoms with Crippen LogP contribution in [0.25, 0.3) is 0 Å². The summed E-state index contributed by atoms with van der Waals surface area (Å²) in [4.78, 5) is 0. The van der Waals surface area contributed by atoms with Crippen molar-refractivity contribution in [2.45, 2.75) is 149 Å². The molecule has 2 nitrogen and oxygen atoms in total. The van der Waals surface area contributed by atoms with Gasteiger partial charge < -0.3 is 0 Å². The van der Waals surface area contributed by atoms with Crippen LogP contribution in [-0.2, 0) is 20.0 Å². The molecule has 1 aromatic rings. The van der Waals surface area contributed by atoms with Crippen LogP contribution in [0.4, 0.5) is 0 Å². The number of aromatic nitrogens is 2. The second kappa shape index (κ2) is 19.2. The summed E-state index contributed by atoms with van der Waals surface area (Å²) in [5.74, 6) is 1.52. The van der Waals surface area contributed by atoms with Crippen molar-refractivity contribution in [1.29, 1.82) is 0 Å². The molecule has 0 spiro atoms. The number of rotatable bonds is 21. The van der Waals surface area contributed by atoms with E-state index >= 15 is 0 Å². The molecule has 0 radical (unpaired) electrons. The lowest BCUT2D eigenvalue weighted by atomic mass is 10.0.